The Labute approximate surface area is 123 Å². The standard InChI is InChI=1S/C12H18N2O4S2/c1-2-20(16,17)18-10-6-4-3-5-8-14-9-7-11(19)13-12(14)15/h2,7,9H,1,3-6,8,10H2,(H,13,15,19). The van der Waals surface area contributed by atoms with Crippen LogP contribution in [-0.4, -0.2) is 24.6 Å². The van der Waals surface area contributed by atoms with Crippen molar-refractivity contribution in [2.45, 2.75) is 32.2 Å². The third-order valence-electron chi connectivity index (χ3n) is 2.64. The molecule has 1 N–H and O–H groups in total. The second kappa shape index (κ2) is 8.13. The van der Waals surface area contributed by atoms with Crippen molar-refractivity contribution in [1.82, 2.24) is 9.55 Å². The first kappa shape index (κ1) is 16.8. The minimum atomic E-state index is -3.56. The van der Waals surface area contributed by atoms with Crippen LogP contribution in [0, 0.1) is 4.64 Å². The van der Waals surface area contributed by atoms with Gasteiger partial charge in [0.15, 0.2) is 0 Å². The fraction of sp³-hybridized carbons (Fsp3) is 0.500. The first-order chi connectivity index (χ1) is 9.44. The van der Waals surface area contributed by atoms with Crippen LogP contribution in [0.2, 0.25) is 0 Å². The number of H-pyrrole nitrogens is 1. The Kier molecular flexibility index (Phi) is 6.83. The highest BCUT2D eigenvalue weighted by molar-refractivity contribution is 7.89. The Balaban J connectivity index is 2.18. The lowest BCUT2D eigenvalue weighted by Crippen LogP contribution is -2.22. The van der Waals surface area contributed by atoms with Crippen LogP contribution >= 0.6 is 12.2 Å². The van der Waals surface area contributed by atoms with E-state index in [0.29, 0.717) is 17.6 Å². The number of aryl methyl sites for hydroxylation is 1. The summed E-state index contributed by atoms with van der Waals surface area (Å²) in [6, 6.07) is 1.67. The number of unbranched alkanes of at least 4 members (excludes halogenated alkanes) is 3. The van der Waals surface area contributed by atoms with Crippen LogP contribution in [0.5, 0.6) is 0 Å². The van der Waals surface area contributed by atoms with E-state index in [1.54, 1.807) is 16.8 Å². The van der Waals surface area contributed by atoms with Crippen molar-refractivity contribution < 1.29 is 12.6 Å². The lowest BCUT2D eigenvalue weighted by molar-refractivity contribution is 0.311. The van der Waals surface area contributed by atoms with Gasteiger partial charge in [-0.15, -0.1) is 0 Å². The summed E-state index contributed by atoms with van der Waals surface area (Å²) in [6.07, 6.45) is 4.88. The summed E-state index contributed by atoms with van der Waals surface area (Å²) in [5.41, 5.74) is -0.210. The first-order valence-corrected chi connectivity index (χ1v) is 8.14. The Hall–Kier alpha value is -1.25. The highest BCUT2D eigenvalue weighted by atomic mass is 32.2. The van der Waals surface area contributed by atoms with Crippen molar-refractivity contribution >= 4 is 22.3 Å². The Morgan fingerprint density at radius 3 is 2.70 bits per heavy atom. The molecule has 0 bridgehead atoms. The zero-order valence-electron chi connectivity index (χ0n) is 11.1. The molecule has 0 aliphatic heterocycles. The maximum absolute atomic E-state index is 11.5. The molecule has 0 aromatic carbocycles. The van der Waals surface area contributed by atoms with Crippen molar-refractivity contribution in [2.75, 3.05) is 6.61 Å². The van der Waals surface area contributed by atoms with Gasteiger partial charge < -0.3 is 4.57 Å². The number of hydrogen-bond donors (Lipinski definition) is 1. The maximum atomic E-state index is 11.5. The van der Waals surface area contributed by atoms with E-state index in [1.807, 2.05) is 0 Å². The maximum Gasteiger partial charge on any atom is 0.326 e. The van der Waals surface area contributed by atoms with Crippen molar-refractivity contribution in [3.05, 3.63) is 39.4 Å². The number of rotatable bonds is 9. The Morgan fingerprint density at radius 2 is 2.05 bits per heavy atom. The molecule has 0 amide bonds. The summed E-state index contributed by atoms with van der Waals surface area (Å²) in [6.45, 7) is 3.92. The van der Waals surface area contributed by atoms with Crippen LogP contribution in [0.1, 0.15) is 25.7 Å². The first-order valence-electron chi connectivity index (χ1n) is 6.26. The molecule has 0 spiro atoms. The van der Waals surface area contributed by atoms with Gasteiger partial charge in [0.05, 0.1) is 12.0 Å². The molecular weight excluding hydrogens is 300 g/mol. The number of nitrogens with zero attached hydrogens (tertiary/aromatic N) is 1. The fourth-order valence-corrected chi connectivity index (χ4v) is 2.18. The molecule has 112 valence electrons. The molecule has 1 aromatic heterocycles. The fourth-order valence-electron chi connectivity index (χ4n) is 1.58. The van der Waals surface area contributed by atoms with Crippen LogP contribution in [0.3, 0.4) is 0 Å². The van der Waals surface area contributed by atoms with Gasteiger partial charge in [0, 0.05) is 12.7 Å². The summed E-state index contributed by atoms with van der Waals surface area (Å²) in [7, 11) is -3.56. The SMILES string of the molecule is C=CS(=O)(=O)OCCCCCCn1ccc(=S)[nH]c1=O. The summed E-state index contributed by atoms with van der Waals surface area (Å²) in [5.74, 6) is 0. The molecule has 0 unspecified atom stereocenters. The smallest absolute Gasteiger partial charge is 0.301 e. The Morgan fingerprint density at radius 1 is 1.35 bits per heavy atom. The number of hydrogen-bond acceptors (Lipinski definition) is 5. The molecule has 0 fully saturated rings. The van der Waals surface area contributed by atoms with E-state index in [9.17, 15) is 13.2 Å². The van der Waals surface area contributed by atoms with Gasteiger partial charge in [-0.05, 0) is 18.9 Å². The minimum Gasteiger partial charge on any atom is -0.301 e. The van der Waals surface area contributed by atoms with Crippen molar-refractivity contribution in [1.29, 1.82) is 0 Å². The van der Waals surface area contributed by atoms with E-state index in [0.717, 1.165) is 24.7 Å². The lowest BCUT2D eigenvalue weighted by Gasteiger charge is -2.05. The Bertz CT molecular complexity index is 646. The summed E-state index contributed by atoms with van der Waals surface area (Å²) >= 11 is 4.84. The molecule has 1 rings (SSSR count). The average Bonchev–Trinajstić information content (AvgIpc) is 2.40. The van der Waals surface area contributed by atoms with Crippen LogP contribution in [0.25, 0.3) is 0 Å². The molecule has 0 saturated carbocycles. The zero-order chi connectivity index (χ0) is 15.0. The van der Waals surface area contributed by atoms with E-state index in [4.69, 9.17) is 12.2 Å². The van der Waals surface area contributed by atoms with Crippen molar-refractivity contribution in [3.63, 3.8) is 0 Å². The van der Waals surface area contributed by atoms with E-state index in [-0.39, 0.29) is 12.3 Å². The van der Waals surface area contributed by atoms with Gasteiger partial charge in [-0.2, -0.15) is 8.42 Å². The van der Waals surface area contributed by atoms with Gasteiger partial charge >= 0.3 is 5.69 Å². The molecule has 6 nitrogen and oxygen atoms in total. The highest BCUT2D eigenvalue weighted by Gasteiger charge is 2.03. The lowest BCUT2D eigenvalue weighted by atomic mass is 10.2. The molecule has 1 aromatic rings. The molecule has 0 saturated heterocycles. The minimum absolute atomic E-state index is 0.159. The summed E-state index contributed by atoms with van der Waals surface area (Å²) < 4.78 is 28.5. The normalized spacial score (nSPS) is 11.4. The van der Waals surface area contributed by atoms with E-state index < -0.39 is 10.1 Å². The van der Waals surface area contributed by atoms with Gasteiger partial charge in [0.2, 0.25) is 0 Å². The van der Waals surface area contributed by atoms with Gasteiger partial charge in [-0.25, -0.2) is 4.79 Å². The van der Waals surface area contributed by atoms with Gasteiger partial charge in [-0.3, -0.25) is 9.17 Å². The predicted octanol–water partition coefficient (Wildman–Crippen LogP) is 1.96. The molecule has 0 radical (unpaired) electrons. The van der Waals surface area contributed by atoms with E-state index >= 15 is 0 Å². The topological polar surface area (TPSA) is 81.2 Å². The number of nitrogens with one attached hydrogen (secondary N) is 1. The van der Waals surface area contributed by atoms with Crippen molar-refractivity contribution in [2.24, 2.45) is 0 Å². The highest BCUT2D eigenvalue weighted by Crippen LogP contribution is 2.03. The second-order valence-corrected chi connectivity index (χ2v) is 6.19. The van der Waals surface area contributed by atoms with Crippen LogP contribution in [0.4, 0.5) is 0 Å². The van der Waals surface area contributed by atoms with Gasteiger partial charge in [0.1, 0.15) is 4.64 Å². The quantitative estimate of drug-likeness (QED) is 0.427. The number of aromatic amines is 1. The molecular formula is C12H18N2O4S2. The molecule has 0 atom stereocenters. The van der Waals surface area contributed by atoms with Crippen LogP contribution in [0.15, 0.2) is 29.0 Å². The van der Waals surface area contributed by atoms with Crippen molar-refractivity contribution in [3.8, 4) is 0 Å². The average molecular weight is 318 g/mol. The third-order valence-corrected chi connectivity index (χ3v) is 3.78. The molecule has 1 heterocycles. The number of aromatic nitrogens is 2. The van der Waals surface area contributed by atoms with Gasteiger partial charge in [0.25, 0.3) is 10.1 Å². The zero-order valence-corrected chi connectivity index (χ0v) is 12.7. The molecule has 20 heavy (non-hydrogen) atoms. The van der Waals surface area contributed by atoms with Crippen LogP contribution in [-0.2, 0) is 20.8 Å². The monoisotopic (exact) mass is 318 g/mol. The second-order valence-electron chi connectivity index (χ2n) is 4.20. The largest absolute Gasteiger partial charge is 0.326 e. The summed E-state index contributed by atoms with van der Waals surface area (Å²) in [4.78, 5) is 14.0. The third kappa shape index (κ3) is 6.27. The predicted molar refractivity (Wildman–Crippen MR) is 79.4 cm³/mol. The van der Waals surface area contributed by atoms with E-state index in [2.05, 4.69) is 15.7 Å². The van der Waals surface area contributed by atoms with Gasteiger partial charge in [-0.1, -0.05) is 31.6 Å². The van der Waals surface area contributed by atoms with E-state index in [1.165, 1.54) is 0 Å². The molecule has 0 aliphatic carbocycles. The molecule has 0 aliphatic rings. The molecule has 8 heteroatoms. The van der Waals surface area contributed by atoms with Crippen LogP contribution < -0.4 is 5.69 Å². The summed E-state index contributed by atoms with van der Waals surface area (Å²) in [5, 5.41) is 0.790.